The zero-order valence-electron chi connectivity index (χ0n) is 10.6. The molecule has 20 heavy (non-hydrogen) atoms. The normalized spacial score (nSPS) is 13.6. The summed E-state index contributed by atoms with van der Waals surface area (Å²) in [5, 5.41) is 4.10. The molecule has 0 saturated heterocycles. The molecule has 3 nitrogen and oxygen atoms in total. The summed E-state index contributed by atoms with van der Waals surface area (Å²) in [5.74, 6) is 0.00412. The number of anilines is 1. The fourth-order valence-electron chi connectivity index (χ4n) is 2.82. The summed E-state index contributed by atoms with van der Waals surface area (Å²) >= 11 is 3.70. The number of carbonyl (C=O) groups excluding carboxylic acids is 1. The van der Waals surface area contributed by atoms with E-state index in [9.17, 15) is 4.79 Å². The van der Waals surface area contributed by atoms with E-state index in [1.165, 1.54) is 0 Å². The van der Waals surface area contributed by atoms with Crippen molar-refractivity contribution >= 4 is 38.4 Å². The lowest BCUT2D eigenvalue weighted by Gasteiger charge is -2.07. The van der Waals surface area contributed by atoms with Crippen molar-refractivity contribution in [3.8, 4) is 11.3 Å². The Balaban J connectivity index is 2.17. The zero-order valence-corrected chi connectivity index (χ0v) is 12.1. The Morgan fingerprint density at radius 3 is 2.70 bits per heavy atom. The summed E-state index contributed by atoms with van der Waals surface area (Å²) in [6.45, 7) is 0.329. The Bertz CT molecular complexity index is 851. The van der Waals surface area contributed by atoms with Crippen LogP contribution in [0, 0.1) is 0 Å². The summed E-state index contributed by atoms with van der Waals surface area (Å²) in [4.78, 5) is 12.1. The van der Waals surface area contributed by atoms with Gasteiger partial charge in [0.15, 0.2) is 0 Å². The number of carbonyl (C=O) groups is 1. The maximum Gasteiger partial charge on any atom is 0.244 e. The van der Waals surface area contributed by atoms with E-state index in [0.717, 1.165) is 32.3 Å². The van der Waals surface area contributed by atoms with Crippen LogP contribution >= 0.6 is 15.9 Å². The first-order valence-corrected chi connectivity index (χ1v) is 7.21. The van der Waals surface area contributed by atoms with Crippen LogP contribution in [0.3, 0.4) is 0 Å². The van der Waals surface area contributed by atoms with Gasteiger partial charge in [-0.25, -0.2) is 0 Å². The molecule has 0 atom stereocenters. The number of aromatic nitrogens is 1. The van der Waals surface area contributed by atoms with Crippen LogP contribution in [0.1, 0.15) is 0 Å². The molecule has 4 rings (SSSR count). The molecule has 4 heteroatoms. The fourth-order valence-corrected chi connectivity index (χ4v) is 3.58. The maximum atomic E-state index is 12.1. The SMILES string of the molecule is O=C1Cn2c(c(Br)c3ccccc32)-c2ccccc2N1. The number of hydrogen-bond acceptors (Lipinski definition) is 1. The number of halogens is 1. The second-order valence-corrected chi connectivity index (χ2v) is 5.65. The molecule has 98 valence electrons. The lowest BCUT2D eigenvalue weighted by Crippen LogP contribution is -2.16. The van der Waals surface area contributed by atoms with Crippen LogP contribution in [0.25, 0.3) is 22.2 Å². The minimum Gasteiger partial charge on any atom is -0.330 e. The third-order valence-corrected chi connectivity index (χ3v) is 4.47. The molecule has 0 aliphatic carbocycles. The first-order chi connectivity index (χ1) is 9.75. The lowest BCUT2D eigenvalue weighted by atomic mass is 10.1. The van der Waals surface area contributed by atoms with Crippen molar-refractivity contribution < 1.29 is 4.79 Å². The maximum absolute atomic E-state index is 12.1. The first-order valence-electron chi connectivity index (χ1n) is 6.41. The van der Waals surface area contributed by atoms with Gasteiger partial charge in [0.1, 0.15) is 6.54 Å². The highest BCUT2D eigenvalue weighted by Gasteiger charge is 2.23. The summed E-state index contributed by atoms with van der Waals surface area (Å²) in [5.41, 5.74) is 4.03. The highest BCUT2D eigenvalue weighted by Crippen LogP contribution is 2.41. The lowest BCUT2D eigenvalue weighted by molar-refractivity contribution is -0.116. The molecule has 1 aliphatic heterocycles. The fraction of sp³-hybridized carbons (Fsp3) is 0.0625. The number of nitrogens with zero attached hydrogens (tertiary/aromatic N) is 1. The van der Waals surface area contributed by atoms with Crippen LogP contribution in [-0.4, -0.2) is 10.5 Å². The molecule has 3 aromatic rings. The van der Waals surface area contributed by atoms with E-state index in [4.69, 9.17) is 0 Å². The van der Waals surface area contributed by atoms with Crippen molar-refractivity contribution in [3.63, 3.8) is 0 Å². The Morgan fingerprint density at radius 1 is 1.05 bits per heavy atom. The van der Waals surface area contributed by atoms with Gasteiger partial charge in [0.25, 0.3) is 0 Å². The first kappa shape index (κ1) is 11.7. The molecule has 1 N–H and O–H groups in total. The molecule has 0 unspecified atom stereocenters. The van der Waals surface area contributed by atoms with Gasteiger partial charge in [0.2, 0.25) is 5.91 Å². The number of nitrogens with one attached hydrogen (secondary N) is 1. The van der Waals surface area contributed by atoms with E-state index < -0.39 is 0 Å². The molecule has 1 aromatic heterocycles. The van der Waals surface area contributed by atoms with Gasteiger partial charge in [-0.2, -0.15) is 0 Å². The monoisotopic (exact) mass is 326 g/mol. The van der Waals surface area contributed by atoms with Gasteiger partial charge in [-0.3, -0.25) is 4.79 Å². The smallest absolute Gasteiger partial charge is 0.244 e. The Morgan fingerprint density at radius 2 is 1.80 bits per heavy atom. The molecule has 0 bridgehead atoms. The zero-order chi connectivity index (χ0) is 13.7. The Labute approximate surface area is 124 Å². The number of benzene rings is 2. The average molecular weight is 327 g/mol. The van der Waals surface area contributed by atoms with Gasteiger partial charge in [0, 0.05) is 10.9 Å². The van der Waals surface area contributed by atoms with Crippen molar-refractivity contribution in [3.05, 3.63) is 53.0 Å². The standard InChI is InChI=1S/C16H11BrN2O/c17-15-11-6-2-4-8-13(11)19-9-14(20)18-12-7-3-1-5-10(12)16(15)19/h1-8H,9H2,(H,18,20). The van der Waals surface area contributed by atoms with Gasteiger partial charge >= 0.3 is 0 Å². The molecule has 1 aliphatic rings. The Kier molecular flexibility index (Phi) is 2.47. The number of amides is 1. The third-order valence-electron chi connectivity index (χ3n) is 3.67. The van der Waals surface area contributed by atoms with E-state index in [-0.39, 0.29) is 5.91 Å². The number of para-hydroxylation sites is 2. The molecular formula is C16H11BrN2O. The second-order valence-electron chi connectivity index (χ2n) is 4.86. The van der Waals surface area contributed by atoms with E-state index in [1.807, 2.05) is 42.5 Å². The summed E-state index contributed by atoms with van der Waals surface area (Å²) in [6, 6.07) is 16.0. The average Bonchev–Trinajstić information content (AvgIpc) is 2.64. The second kappa shape index (κ2) is 4.21. The summed E-state index contributed by atoms with van der Waals surface area (Å²) < 4.78 is 3.11. The van der Waals surface area contributed by atoms with Gasteiger partial charge in [-0.05, 0) is 28.1 Å². The third kappa shape index (κ3) is 1.55. The summed E-state index contributed by atoms with van der Waals surface area (Å²) in [6.07, 6.45) is 0. The summed E-state index contributed by atoms with van der Waals surface area (Å²) in [7, 11) is 0. The van der Waals surface area contributed by atoms with E-state index in [1.54, 1.807) is 0 Å². The van der Waals surface area contributed by atoms with Crippen molar-refractivity contribution in [2.45, 2.75) is 6.54 Å². The van der Waals surface area contributed by atoms with Gasteiger partial charge in [-0.1, -0.05) is 36.4 Å². The highest BCUT2D eigenvalue weighted by atomic mass is 79.9. The van der Waals surface area contributed by atoms with Gasteiger partial charge in [-0.15, -0.1) is 0 Å². The highest BCUT2D eigenvalue weighted by molar-refractivity contribution is 9.10. The van der Waals surface area contributed by atoms with Gasteiger partial charge in [0.05, 0.1) is 21.4 Å². The minimum absolute atomic E-state index is 0.00412. The largest absolute Gasteiger partial charge is 0.330 e. The Hall–Kier alpha value is -2.07. The number of rotatable bonds is 0. The van der Waals surface area contributed by atoms with E-state index in [2.05, 4.69) is 31.9 Å². The van der Waals surface area contributed by atoms with Crippen molar-refractivity contribution in [2.24, 2.45) is 0 Å². The van der Waals surface area contributed by atoms with Crippen LogP contribution < -0.4 is 5.32 Å². The number of fused-ring (bicyclic) bond motifs is 5. The molecule has 0 spiro atoms. The van der Waals surface area contributed by atoms with E-state index >= 15 is 0 Å². The van der Waals surface area contributed by atoms with Crippen LogP contribution in [0.5, 0.6) is 0 Å². The van der Waals surface area contributed by atoms with Crippen LogP contribution in [0.4, 0.5) is 5.69 Å². The molecular weight excluding hydrogens is 316 g/mol. The van der Waals surface area contributed by atoms with Crippen LogP contribution in [0.15, 0.2) is 53.0 Å². The molecule has 0 fully saturated rings. The molecule has 1 amide bonds. The molecule has 0 saturated carbocycles. The van der Waals surface area contributed by atoms with Gasteiger partial charge < -0.3 is 9.88 Å². The molecule has 2 heterocycles. The van der Waals surface area contributed by atoms with Crippen molar-refractivity contribution in [1.82, 2.24) is 4.57 Å². The predicted molar refractivity (Wildman–Crippen MR) is 83.7 cm³/mol. The predicted octanol–water partition coefficient (Wildman–Crippen LogP) is 4.02. The van der Waals surface area contributed by atoms with Crippen molar-refractivity contribution in [2.75, 3.05) is 5.32 Å². The molecule has 0 radical (unpaired) electrons. The van der Waals surface area contributed by atoms with Crippen LogP contribution in [-0.2, 0) is 11.3 Å². The van der Waals surface area contributed by atoms with Crippen LogP contribution in [0.2, 0.25) is 0 Å². The minimum atomic E-state index is 0.00412. The number of hydrogen-bond donors (Lipinski definition) is 1. The topological polar surface area (TPSA) is 34.0 Å². The van der Waals surface area contributed by atoms with Crippen molar-refractivity contribution in [1.29, 1.82) is 0 Å². The quantitative estimate of drug-likeness (QED) is 0.665. The van der Waals surface area contributed by atoms with E-state index in [0.29, 0.717) is 6.54 Å². The molecule has 2 aromatic carbocycles.